The number of hydrogen-bond donors (Lipinski definition) is 2. The van der Waals surface area contributed by atoms with Gasteiger partial charge in [0.15, 0.2) is 0 Å². The summed E-state index contributed by atoms with van der Waals surface area (Å²) in [7, 11) is 0. The Morgan fingerprint density at radius 3 is 2.91 bits per heavy atom. The number of amides is 2. The average Bonchev–Trinajstić information content (AvgIpc) is 3.20. The molecule has 0 aromatic carbocycles. The molecular formula is C16H25N3O2S. The van der Waals surface area contributed by atoms with E-state index in [4.69, 9.17) is 4.74 Å². The first-order valence-electron chi connectivity index (χ1n) is 8.15. The van der Waals surface area contributed by atoms with E-state index < -0.39 is 0 Å². The third kappa shape index (κ3) is 4.69. The van der Waals surface area contributed by atoms with Crippen molar-refractivity contribution in [3.8, 4) is 0 Å². The van der Waals surface area contributed by atoms with Crippen LogP contribution in [0.5, 0.6) is 0 Å². The number of urea groups is 1. The molecule has 2 aliphatic rings. The molecule has 6 heteroatoms. The van der Waals surface area contributed by atoms with Crippen LogP contribution in [-0.4, -0.2) is 49.8 Å². The fraction of sp³-hybridized carbons (Fsp3) is 0.688. The van der Waals surface area contributed by atoms with E-state index in [0.29, 0.717) is 18.5 Å². The van der Waals surface area contributed by atoms with Gasteiger partial charge in [0.1, 0.15) is 0 Å². The monoisotopic (exact) mass is 323 g/mol. The van der Waals surface area contributed by atoms with E-state index in [1.165, 1.54) is 6.42 Å². The molecule has 1 atom stereocenters. The molecule has 3 heterocycles. The number of ether oxygens (including phenoxy) is 1. The highest BCUT2D eigenvalue weighted by atomic mass is 32.1. The molecule has 0 unspecified atom stereocenters. The minimum atomic E-state index is -0.0474. The molecule has 0 bridgehead atoms. The summed E-state index contributed by atoms with van der Waals surface area (Å²) in [5.74, 6) is 0.707. The summed E-state index contributed by atoms with van der Waals surface area (Å²) in [4.78, 5) is 14.4. The molecule has 22 heavy (non-hydrogen) atoms. The van der Waals surface area contributed by atoms with Crippen LogP contribution in [0.25, 0.3) is 0 Å². The van der Waals surface area contributed by atoms with Crippen molar-refractivity contribution in [1.82, 2.24) is 15.5 Å². The number of hydrogen-bond acceptors (Lipinski definition) is 4. The zero-order valence-electron chi connectivity index (χ0n) is 12.9. The Hall–Kier alpha value is -1.11. The standard InChI is InChI=1S/C16H25N3O2S/c20-16(17-9-13-4-8-22-12-13)18-15-1-5-19(6-2-15)10-14-3-7-21-11-14/h4,8,12,14-15H,1-3,5-7,9-11H2,(H2,17,18,20)/t14-/m0/s1. The molecule has 3 rings (SSSR count). The molecule has 2 aliphatic heterocycles. The van der Waals surface area contributed by atoms with E-state index in [0.717, 1.165) is 51.3 Å². The van der Waals surface area contributed by atoms with Crippen molar-refractivity contribution in [2.75, 3.05) is 32.8 Å². The number of rotatable bonds is 5. The van der Waals surface area contributed by atoms with Crippen molar-refractivity contribution in [2.24, 2.45) is 5.92 Å². The summed E-state index contributed by atoms with van der Waals surface area (Å²) in [5.41, 5.74) is 1.16. The summed E-state index contributed by atoms with van der Waals surface area (Å²) in [6.45, 7) is 5.75. The van der Waals surface area contributed by atoms with Crippen LogP contribution >= 0.6 is 11.3 Å². The molecule has 2 saturated heterocycles. The molecule has 0 radical (unpaired) electrons. The molecule has 2 fully saturated rings. The van der Waals surface area contributed by atoms with E-state index in [9.17, 15) is 4.79 Å². The van der Waals surface area contributed by atoms with E-state index in [1.54, 1.807) is 11.3 Å². The number of piperidine rings is 1. The van der Waals surface area contributed by atoms with Gasteiger partial charge in [-0.2, -0.15) is 11.3 Å². The summed E-state index contributed by atoms with van der Waals surface area (Å²) in [5, 5.41) is 10.1. The number of carbonyl (C=O) groups is 1. The summed E-state index contributed by atoms with van der Waals surface area (Å²) < 4.78 is 5.44. The molecular weight excluding hydrogens is 298 g/mol. The van der Waals surface area contributed by atoms with Crippen molar-refractivity contribution in [3.63, 3.8) is 0 Å². The van der Waals surface area contributed by atoms with Crippen molar-refractivity contribution in [3.05, 3.63) is 22.4 Å². The van der Waals surface area contributed by atoms with Gasteiger partial charge in [-0.1, -0.05) is 0 Å². The minimum Gasteiger partial charge on any atom is -0.381 e. The third-order valence-corrected chi connectivity index (χ3v) is 5.23. The molecule has 1 aromatic heterocycles. The molecule has 5 nitrogen and oxygen atoms in total. The van der Waals surface area contributed by atoms with E-state index in [1.807, 2.05) is 11.4 Å². The SMILES string of the molecule is O=C(NCc1ccsc1)NC1CCN(C[C@@H]2CCOC2)CC1. The van der Waals surface area contributed by atoms with Crippen LogP contribution in [-0.2, 0) is 11.3 Å². The second kappa shape index (κ2) is 7.94. The third-order valence-electron chi connectivity index (χ3n) is 4.50. The first-order valence-corrected chi connectivity index (χ1v) is 9.09. The normalized spacial score (nSPS) is 23.5. The zero-order chi connectivity index (χ0) is 15.2. The quantitative estimate of drug-likeness (QED) is 0.872. The van der Waals surface area contributed by atoms with Crippen molar-refractivity contribution in [2.45, 2.75) is 31.8 Å². The lowest BCUT2D eigenvalue weighted by molar-refractivity contribution is 0.148. The molecule has 2 N–H and O–H groups in total. The van der Waals surface area contributed by atoms with Gasteiger partial charge in [0.25, 0.3) is 0 Å². The highest BCUT2D eigenvalue weighted by Crippen LogP contribution is 2.17. The largest absolute Gasteiger partial charge is 0.381 e. The van der Waals surface area contributed by atoms with Crippen LogP contribution in [0.15, 0.2) is 16.8 Å². The maximum atomic E-state index is 11.9. The Kier molecular flexibility index (Phi) is 5.70. The predicted octanol–water partition coefficient (Wildman–Crippen LogP) is 2.05. The highest BCUT2D eigenvalue weighted by Gasteiger charge is 2.24. The Labute approximate surface area is 136 Å². The first kappa shape index (κ1) is 15.8. The average molecular weight is 323 g/mol. The number of thiophene rings is 1. The van der Waals surface area contributed by atoms with Crippen LogP contribution in [0.1, 0.15) is 24.8 Å². The first-order chi connectivity index (χ1) is 10.8. The van der Waals surface area contributed by atoms with Crippen LogP contribution in [0.3, 0.4) is 0 Å². The highest BCUT2D eigenvalue weighted by molar-refractivity contribution is 7.07. The van der Waals surface area contributed by atoms with Crippen LogP contribution in [0.2, 0.25) is 0 Å². The second-order valence-corrected chi connectivity index (χ2v) is 7.04. The van der Waals surface area contributed by atoms with Crippen LogP contribution < -0.4 is 10.6 Å². The summed E-state index contributed by atoms with van der Waals surface area (Å²) >= 11 is 1.65. The summed E-state index contributed by atoms with van der Waals surface area (Å²) in [6.07, 6.45) is 3.28. The van der Waals surface area contributed by atoms with Crippen molar-refractivity contribution in [1.29, 1.82) is 0 Å². The topological polar surface area (TPSA) is 53.6 Å². The van der Waals surface area contributed by atoms with Gasteiger partial charge in [-0.15, -0.1) is 0 Å². The predicted molar refractivity (Wildman–Crippen MR) is 88.1 cm³/mol. The van der Waals surface area contributed by atoms with Crippen LogP contribution in [0, 0.1) is 5.92 Å². The molecule has 0 saturated carbocycles. The van der Waals surface area contributed by atoms with Crippen molar-refractivity contribution < 1.29 is 9.53 Å². The van der Waals surface area contributed by atoms with Gasteiger partial charge in [-0.3, -0.25) is 0 Å². The molecule has 1 aromatic rings. The molecule has 0 spiro atoms. The molecule has 122 valence electrons. The lowest BCUT2D eigenvalue weighted by Gasteiger charge is -2.33. The van der Waals surface area contributed by atoms with Gasteiger partial charge in [-0.05, 0) is 47.6 Å². The van der Waals surface area contributed by atoms with Gasteiger partial charge in [-0.25, -0.2) is 4.79 Å². The Morgan fingerprint density at radius 1 is 1.36 bits per heavy atom. The maximum Gasteiger partial charge on any atom is 0.315 e. The fourth-order valence-electron chi connectivity index (χ4n) is 3.16. The second-order valence-electron chi connectivity index (χ2n) is 6.26. The van der Waals surface area contributed by atoms with Crippen LogP contribution in [0.4, 0.5) is 4.79 Å². The van der Waals surface area contributed by atoms with Gasteiger partial charge in [0.05, 0.1) is 6.61 Å². The lowest BCUT2D eigenvalue weighted by atomic mass is 10.0. The molecule has 0 aliphatic carbocycles. The smallest absolute Gasteiger partial charge is 0.315 e. The Balaban J connectivity index is 1.32. The fourth-order valence-corrected chi connectivity index (χ4v) is 3.83. The zero-order valence-corrected chi connectivity index (χ0v) is 13.7. The van der Waals surface area contributed by atoms with E-state index in [2.05, 4.69) is 20.9 Å². The number of nitrogens with zero attached hydrogens (tertiary/aromatic N) is 1. The van der Waals surface area contributed by atoms with E-state index >= 15 is 0 Å². The van der Waals surface area contributed by atoms with Gasteiger partial charge >= 0.3 is 6.03 Å². The van der Waals surface area contributed by atoms with Gasteiger partial charge in [0.2, 0.25) is 0 Å². The Morgan fingerprint density at radius 2 is 2.23 bits per heavy atom. The molecule has 2 amide bonds. The minimum absolute atomic E-state index is 0.0474. The number of carbonyl (C=O) groups excluding carboxylic acids is 1. The van der Waals surface area contributed by atoms with Gasteiger partial charge < -0.3 is 20.3 Å². The lowest BCUT2D eigenvalue weighted by Crippen LogP contribution is -2.48. The maximum absolute atomic E-state index is 11.9. The van der Waals surface area contributed by atoms with E-state index in [-0.39, 0.29) is 6.03 Å². The number of likely N-dealkylation sites (tertiary alicyclic amines) is 1. The van der Waals surface area contributed by atoms with Crippen molar-refractivity contribution >= 4 is 17.4 Å². The van der Waals surface area contributed by atoms with Gasteiger partial charge in [0, 0.05) is 38.8 Å². The summed E-state index contributed by atoms with van der Waals surface area (Å²) in [6, 6.07) is 2.29. The Bertz CT molecular complexity index is 452. The number of nitrogens with one attached hydrogen (secondary N) is 2.